The van der Waals surface area contributed by atoms with Crippen LogP contribution in [-0.2, 0) is 17.9 Å². The van der Waals surface area contributed by atoms with Gasteiger partial charge < -0.3 is 19.7 Å². The van der Waals surface area contributed by atoms with Crippen molar-refractivity contribution >= 4 is 11.7 Å². The van der Waals surface area contributed by atoms with Gasteiger partial charge in [-0.15, -0.1) is 0 Å². The molecule has 1 unspecified atom stereocenters. The number of piperazine rings is 1. The van der Waals surface area contributed by atoms with Crippen LogP contribution >= 0.6 is 0 Å². The molecule has 2 aromatic carbocycles. The molecule has 0 saturated carbocycles. The summed E-state index contributed by atoms with van der Waals surface area (Å²) in [6, 6.07) is 14.5. The second kappa shape index (κ2) is 13.4. The van der Waals surface area contributed by atoms with Crippen molar-refractivity contribution in [1.29, 1.82) is 0 Å². The monoisotopic (exact) mass is 573 g/mol. The van der Waals surface area contributed by atoms with E-state index in [0.29, 0.717) is 45.3 Å². The molecular weight excluding hydrogens is 537 g/mol. The zero-order valence-corrected chi connectivity index (χ0v) is 24.2. The van der Waals surface area contributed by atoms with E-state index in [1.807, 2.05) is 56.4 Å². The number of amides is 1. The Kier molecular flexibility index (Phi) is 9.28. The number of methoxy groups -OCH3 is 1. The number of ether oxygens (including phenoxy) is 2. The van der Waals surface area contributed by atoms with Crippen molar-refractivity contribution in [2.24, 2.45) is 0 Å². The molecule has 5 rings (SSSR count). The van der Waals surface area contributed by atoms with Gasteiger partial charge in [0.25, 0.3) is 0 Å². The van der Waals surface area contributed by atoms with Crippen LogP contribution in [0.1, 0.15) is 30.2 Å². The average Bonchev–Trinajstić information content (AvgIpc) is 3.53. The number of nitrogens with one attached hydrogen (secondary N) is 1. The topological polar surface area (TPSA) is 97.6 Å². The highest BCUT2D eigenvalue weighted by molar-refractivity contribution is 5.76. The minimum absolute atomic E-state index is 0.0559. The van der Waals surface area contributed by atoms with Crippen molar-refractivity contribution in [3.63, 3.8) is 0 Å². The number of carbonyl (C=O) groups excluding carboxylic acids is 1. The number of rotatable bonds is 11. The van der Waals surface area contributed by atoms with E-state index in [4.69, 9.17) is 14.5 Å². The van der Waals surface area contributed by atoms with Crippen LogP contribution in [0.2, 0.25) is 0 Å². The summed E-state index contributed by atoms with van der Waals surface area (Å²) in [6.45, 7) is 7.37. The molecule has 11 heteroatoms. The van der Waals surface area contributed by atoms with Crippen LogP contribution in [0.15, 0.2) is 67.3 Å². The van der Waals surface area contributed by atoms with Crippen LogP contribution in [0, 0.1) is 12.7 Å². The molecule has 0 aliphatic carbocycles. The lowest BCUT2D eigenvalue weighted by Crippen LogP contribution is -2.54. The molecule has 0 spiro atoms. The highest BCUT2D eigenvalue weighted by atomic mass is 19.1. The van der Waals surface area contributed by atoms with E-state index in [2.05, 4.69) is 25.1 Å². The summed E-state index contributed by atoms with van der Waals surface area (Å²) in [4.78, 5) is 31.1. The van der Waals surface area contributed by atoms with Crippen LogP contribution in [0.5, 0.6) is 11.5 Å². The van der Waals surface area contributed by atoms with E-state index in [0.717, 1.165) is 28.4 Å². The second-order valence-electron chi connectivity index (χ2n) is 10.2. The van der Waals surface area contributed by atoms with E-state index >= 15 is 0 Å². The molecule has 1 aliphatic heterocycles. The van der Waals surface area contributed by atoms with Gasteiger partial charge >= 0.3 is 0 Å². The highest BCUT2D eigenvalue weighted by Gasteiger charge is 2.30. The predicted octanol–water partition coefficient (Wildman–Crippen LogP) is 3.91. The number of carbonyl (C=O) groups is 1. The maximum atomic E-state index is 14.5. The molecule has 1 fully saturated rings. The normalized spacial score (nSPS) is 15.4. The lowest BCUT2D eigenvalue weighted by molar-refractivity contribution is -0.122. The van der Waals surface area contributed by atoms with Crippen molar-refractivity contribution in [3.05, 3.63) is 89.9 Å². The Balaban J connectivity index is 1.31. The standard InChI is InChI=1S/C31H36FN7O3/c1-4-42-26-8-5-23(6-9-26)18-34-30(40)17-25-20-38(29-15-22(2)35-31(36-29)39-12-11-33-21-39)14-13-37(25)19-24-7-10-28(41-3)27(32)16-24/h5-12,15-16,21,25H,4,13-14,17-20H2,1-3H3,(H,34,40). The number of aromatic nitrogens is 4. The van der Waals surface area contributed by atoms with E-state index in [1.54, 1.807) is 23.2 Å². The minimum atomic E-state index is -0.401. The van der Waals surface area contributed by atoms with Gasteiger partial charge in [0.15, 0.2) is 11.6 Å². The Morgan fingerprint density at radius 3 is 2.62 bits per heavy atom. The summed E-state index contributed by atoms with van der Waals surface area (Å²) < 4.78 is 26.8. The molecule has 4 aromatic rings. The first-order chi connectivity index (χ1) is 20.4. The van der Waals surface area contributed by atoms with Crippen LogP contribution in [0.3, 0.4) is 0 Å². The summed E-state index contributed by atoms with van der Waals surface area (Å²) >= 11 is 0. The third kappa shape index (κ3) is 7.22. The summed E-state index contributed by atoms with van der Waals surface area (Å²) in [5.74, 6) is 1.89. The molecule has 1 aliphatic rings. The van der Waals surface area contributed by atoms with Crippen molar-refractivity contribution in [2.45, 2.75) is 39.4 Å². The molecule has 1 atom stereocenters. The molecule has 220 valence electrons. The number of aryl methyl sites for hydroxylation is 1. The summed E-state index contributed by atoms with van der Waals surface area (Å²) in [6.07, 6.45) is 5.45. The number of nitrogens with zero attached hydrogens (tertiary/aromatic N) is 6. The van der Waals surface area contributed by atoms with Gasteiger partial charge in [-0.1, -0.05) is 18.2 Å². The summed E-state index contributed by atoms with van der Waals surface area (Å²) in [5, 5.41) is 3.06. The lowest BCUT2D eigenvalue weighted by Gasteiger charge is -2.42. The van der Waals surface area contributed by atoms with Gasteiger partial charge in [0, 0.05) is 69.3 Å². The Bertz CT molecular complexity index is 1480. The fourth-order valence-corrected chi connectivity index (χ4v) is 5.09. The highest BCUT2D eigenvalue weighted by Crippen LogP contribution is 2.24. The third-order valence-electron chi connectivity index (χ3n) is 7.24. The fraction of sp³-hybridized carbons (Fsp3) is 0.355. The molecule has 2 aromatic heterocycles. The zero-order chi connectivity index (χ0) is 29.5. The molecule has 42 heavy (non-hydrogen) atoms. The first-order valence-corrected chi connectivity index (χ1v) is 14.1. The molecule has 1 N–H and O–H groups in total. The fourth-order valence-electron chi connectivity index (χ4n) is 5.09. The van der Waals surface area contributed by atoms with E-state index < -0.39 is 5.82 Å². The Hall–Kier alpha value is -4.51. The van der Waals surface area contributed by atoms with Crippen LogP contribution in [0.25, 0.3) is 5.95 Å². The van der Waals surface area contributed by atoms with Crippen molar-refractivity contribution in [3.8, 4) is 17.4 Å². The van der Waals surface area contributed by atoms with Crippen molar-refractivity contribution in [1.82, 2.24) is 29.7 Å². The Morgan fingerprint density at radius 2 is 1.90 bits per heavy atom. The maximum absolute atomic E-state index is 14.5. The molecule has 10 nitrogen and oxygen atoms in total. The first-order valence-electron chi connectivity index (χ1n) is 14.1. The number of anilines is 1. The number of benzene rings is 2. The van der Waals surface area contributed by atoms with E-state index in [1.165, 1.54) is 13.2 Å². The van der Waals surface area contributed by atoms with Crippen LogP contribution < -0.4 is 19.7 Å². The van der Waals surface area contributed by atoms with E-state index in [9.17, 15) is 9.18 Å². The van der Waals surface area contributed by atoms with Gasteiger partial charge in [-0.2, -0.15) is 4.98 Å². The molecule has 3 heterocycles. The van der Waals surface area contributed by atoms with Crippen molar-refractivity contribution < 1.29 is 18.7 Å². The largest absolute Gasteiger partial charge is 0.494 e. The molecule has 1 amide bonds. The Labute approximate surface area is 245 Å². The zero-order valence-electron chi connectivity index (χ0n) is 24.2. The lowest BCUT2D eigenvalue weighted by atomic mass is 10.1. The smallest absolute Gasteiger partial charge is 0.237 e. The van der Waals surface area contributed by atoms with E-state index in [-0.39, 0.29) is 24.1 Å². The van der Waals surface area contributed by atoms with Gasteiger partial charge in [-0.25, -0.2) is 14.4 Å². The van der Waals surface area contributed by atoms with Gasteiger partial charge in [-0.3, -0.25) is 14.3 Å². The SMILES string of the molecule is CCOc1ccc(CNC(=O)CC2CN(c3cc(C)nc(-n4ccnc4)n3)CCN2Cc2ccc(OC)c(F)c2)cc1. The molecule has 0 bridgehead atoms. The Morgan fingerprint density at radius 1 is 1.10 bits per heavy atom. The molecule has 1 saturated heterocycles. The molecular formula is C31H36FN7O3. The summed E-state index contributed by atoms with van der Waals surface area (Å²) in [7, 11) is 1.45. The summed E-state index contributed by atoms with van der Waals surface area (Å²) in [5.41, 5.74) is 2.65. The minimum Gasteiger partial charge on any atom is -0.494 e. The first kappa shape index (κ1) is 29.0. The van der Waals surface area contributed by atoms with Crippen molar-refractivity contribution in [2.75, 3.05) is 38.3 Å². The van der Waals surface area contributed by atoms with Gasteiger partial charge in [0.05, 0.1) is 13.7 Å². The quantitative estimate of drug-likeness (QED) is 0.289. The van der Waals surface area contributed by atoms with Gasteiger partial charge in [0.2, 0.25) is 11.9 Å². The number of imidazole rings is 1. The molecule has 0 radical (unpaired) electrons. The number of hydrogen-bond acceptors (Lipinski definition) is 8. The average molecular weight is 574 g/mol. The predicted molar refractivity (Wildman–Crippen MR) is 157 cm³/mol. The second-order valence-corrected chi connectivity index (χ2v) is 10.2. The maximum Gasteiger partial charge on any atom is 0.237 e. The number of halogens is 1. The van der Waals surface area contributed by atoms with Crippen LogP contribution in [0.4, 0.5) is 10.2 Å². The number of hydrogen-bond donors (Lipinski definition) is 1. The third-order valence-corrected chi connectivity index (χ3v) is 7.24. The van der Waals surface area contributed by atoms with Crippen LogP contribution in [-0.4, -0.2) is 69.7 Å². The van der Waals surface area contributed by atoms with Gasteiger partial charge in [0.1, 0.15) is 17.9 Å². The van der Waals surface area contributed by atoms with Gasteiger partial charge in [-0.05, 0) is 49.2 Å².